The Morgan fingerprint density at radius 2 is 2.06 bits per heavy atom. The average Bonchev–Trinajstić information content (AvgIpc) is 2.37. The van der Waals surface area contributed by atoms with Gasteiger partial charge in [-0.25, -0.2) is 0 Å². The third-order valence-corrected chi connectivity index (χ3v) is 3.05. The molecule has 0 aromatic heterocycles. The van der Waals surface area contributed by atoms with E-state index in [9.17, 15) is 15.2 Å². The number of aliphatic hydroxyl groups excluding tert-OH is 1. The SMILES string of the molecule is CCC(C)(CO)Nc1cccc(NC)c1[N+](=O)[O-]. The number of hydrogen-bond acceptors (Lipinski definition) is 5. The van der Waals surface area contributed by atoms with Crippen LogP contribution < -0.4 is 10.6 Å². The Kier molecular flexibility index (Phi) is 4.49. The summed E-state index contributed by atoms with van der Waals surface area (Å²) < 4.78 is 0. The van der Waals surface area contributed by atoms with Gasteiger partial charge in [0, 0.05) is 7.05 Å². The number of aliphatic hydroxyl groups is 1. The molecule has 0 saturated carbocycles. The van der Waals surface area contributed by atoms with Gasteiger partial charge in [0.05, 0.1) is 17.1 Å². The van der Waals surface area contributed by atoms with Gasteiger partial charge >= 0.3 is 5.69 Å². The molecule has 6 heteroatoms. The number of nitrogens with one attached hydrogen (secondary N) is 2. The van der Waals surface area contributed by atoms with Crippen molar-refractivity contribution in [2.45, 2.75) is 25.8 Å². The zero-order chi connectivity index (χ0) is 13.8. The summed E-state index contributed by atoms with van der Waals surface area (Å²) in [5.41, 5.74) is 0.275. The summed E-state index contributed by atoms with van der Waals surface area (Å²) >= 11 is 0. The van der Waals surface area contributed by atoms with Crippen molar-refractivity contribution >= 4 is 17.1 Å². The van der Waals surface area contributed by atoms with E-state index < -0.39 is 10.5 Å². The average molecular weight is 253 g/mol. The fourth-order valence-corrected chi connectivity index (χ4v) is 1.61. The van der Waals surface area contributed by atoms with Crippen LogP contribution in [0.15, 0.2) is 18.2 Å². The molecule has 0 fully saturated rings. The quantitative estimate of drug-likeness (QED) is 0.534. The van der Waals surface area contributed by atoms with Crippen LogP contribution in [0.25, 0.3) is 0 Å². The minimum absolute atomic E-state index is 0.00637. The van der Waals surface area contributed by atoms with Crippen LogP contribution in [-0.4, -0.2) is 29.2 Å². The smallest absolute Gasteiger partial charge is 0.315 e. The molecule has 0 bridgehead atoms. The number of nitro benzene ring substituents is 1. The predicted octanol–water partition coefficient (Wildman–Crippen LogP) is 2.21. The van der Waals surface area contributed by atoms with Crippen molar-refractivity contribution in [3.63, 3.8) is 0 Å². The Morgan fingerprint density at radius 3 is 2.50 bits per heavy atom. The maximum atomic E-state index is 11.1. The molecule has 1 unspecified atom stereocenters. The minimum Gasteiger partial charge on any atom is -0.394 e. The lowest BCUT2D eigenvalue weighted by Crippen LogP contribution is -2.38. The van der Waals surface area contributed by atoms with E-state index >= 15 is 0 Å². The van der Waals surface area contributed by atoms with Crippen molar-refractivity contribution in [3.8, 4) is 0 Å². The van der Waals surface area contributed by atoms with Crippen LogP contribution in [0.2, 0.25) is 0 Å². The lowest BCUT2D eigenvalue weighted by atomic mass is 9.99. The first-order valence-electron chi connectivity index (χ1n) is 5.81. The predicted molar refractivity (Wildman–Crippen MR) is 72.0 cm³/mol. The molecular formula is C12H19N3O3. The highest BCUT2D eigenvalue weighted by Gasteiger charge is 2.26. The molecular weight excluding hydrogens is 234 g/mol. The molecule has 1 aromatic rings. The molecule has 0 aliphatic rings. The number of anilines is 2. The largest absolute Gasteiger partial charge is 0.394 e. The number of nitro groups is 1. The number of benzene rings is 1. The Hall–Kier alpha value is -1.82. The zero-order valence-corrected chi connectivity index (χ0v) is 10.9. The van der Waals surface area contributed by atoms with E-state index in [4.69, 9.17) is 0 Å². The fraction of sp³-hybridized carbons (Fsp3) is 0.500. The van der Waals surface area contributed by atoms with Crippen LogP contribution in [-0.2, 0) is 0 Å². The Balaban J connectivity index is 3.20. The van der Waals surface area contributed by atoms with Gasteiger partial charge in [-0.3, -0.25) is 10.1 Å². The number of hydrogen-bond donors (Lipinski definition) is 3. The lowest BCUT2D eigenvalue weighted by molar-refractivity contribution is -0.383. The third-order valence-electron chi connectivity index (χ3n) is 3.05. The molecule has 0 radical (unpaired) electrons. The van der Waals surface area contributed by atoms with Gasteiger partial charge in [0.2, 0.25) is 0 Å². The normalized spacial score (nSPS) is 13.8. The van der Waals surface area contributed by atoms with E-state index in [1.54, 1.807) is 25.2 Å². The first-order chi connectivity index (χ1) is 8.47. The maximum Gasteiger partial charge on any atom is 0.315 e. The van der Waals surface area contributed by atoms with Gasteiger partial charge in [-0.1, -0.05) is 13.0 Å². The van der Waals surface area contributed by atoms with Crippen molar-refractivity contribution in [2.24, 2.45) is 0 Å². The van der Waals surface area contributed by atoms with E-state index in [1.807, 2.05) is 13.8 Å². The molecule has 0 spiro atoms. The molecule has 0 aliphatic carbocycles. The highest BCUT2D eigenvalue weighted by atomic mass is 16.6. The van der Waals surface area contributed by atoms with Crippen LogP contribution in [0.1, 0.15) is 20.3 Å². The summed E-state index contributed by atoms with van der Waals surface area (Å²) in [5, 5.41) is 26.3. The zero-order valence-electron chi connectivity index (χ0n) is 10.9. The van der Waals surface area contributed by atoms with Crippen LogP contribution in [0.5, 0.6) is 0 Å². The highest BCUT2D eigenvalue weighted by molar-refractivity contribution is 5.76. The number of nitrogens with zero attached hydrogens (tertiary/aromatic N) is 1. The fourth-order valence-electron chi connectivity index (χ4n) is 1.61. The number of rotatable bonds is 6. The van der Waals surface area contributed by atoms with Crippen LogP contribution in [0, 0.1) is 10.1 Å². The molecule has 18 heavy (non-hydrogen) atoms. The van der Waals surface area contributed by atoms with Crippen LogP contribution in [0.4, 0.5) is 17.1 Å². The monoisotopic (exact) mass is 253 g/mol. The molecule has 1 aromatic carbocycles. The van der Waals surface area contributed by atoms with Gasteiger partial charge in [0.15, 0.2) is 0 Å². The molecule has 1 rings (SSSR count). The van der Waals surface area contributed by atoms with E-state index in [2.05, 4.69) is 10.6 Å². The third kappa shape index (κ3) is 2.89. The molecule has 0 amide bonds. The molecule has 0 aliphatic heterocycles. The van der Waals surface area contributed by atoms with Gasteiger partial charge in [-0.05, 0) is 25.5 Å². The standard InChI is InChI=1S/C12H19N3O3/c1-4-12(2,8-16)14-10-7-5-6-9(13-3)11(10)15(17)18/h5-7,13-14,16H,4,8H2,1-3H3. The molecule has 100 valence electrons. The molecule has 1 atom stereocenters. The van der Waals surface area contributed by atoms with E-state index in [0.29, 0.717) is 17.8 Å². The Bertz CT molecular complexity index is 431. The Morgan fingerprint density at radius 1 is 1.44 bits per heavy atom. The summed E-state index contributed by atoms with van der Waals surface area (Å²) in [4.78, 5) is 10.7. The van der Waals surface area contributed by atoms with Crippen LogP contribution >= 0.6 is 0 Å². The van der Waals surface area contributed by atoms with Crippen molar-refractivity contribution < 1.29 is 10.0 Å². The van der Waals surface area contributed by atoms with E-state index in [-0.39, 0.29) is 12.3 Å². The second-order valence-electron chi connectivity index (χ2n) is 4.41. The second-order valence-corrected chi connectivity index (χ2v) is 4.41. The summed E-state index contributed by atoms with van der Waals surface area (Å²) in [6.07, 6.45) is 0.657. The minimum atomic E-state index is -0.572. The number of para-hydroxylation sites is 1. The summed E-state index contributed by atoms with van der Waals surface area (Å²) in [7, 11) is 1.64. The topological polar surface area (TPSA) is 87.4 Å². The lowest BCUT2D eigenvalue weighted by Gasteiger charge is -2.28. The van der Waals surface area contributed by atoms with Crippen molar-refractivity contribution in [1.29, 1.82) is 0 Å². The van der Waals surface area contributed by atoms with Gasteiger partial charge in [-0.15, -0.1) is 0 Å². The second kappa shape index (κ2) is 5.68. The summed E-state index contributed by atoms with van der Waals surface area (Å²) in [6, 6.07) is 5.02. The summed E-state index contributed by atoms with van der Waals surface area (Å²) in [6.45, 7) is 3.64. The van der Waals surface area contributed by atoms with Crippen LogP contribution in [0.3, 0.4) is 0 Å². The molecule has 6 nitrogen and oxygen atoms in total. The molecule has 0 heterocycles. The first kappa shape index (κ1) is 14.2. The van der Waals surface area contributed by atoms with Gasteiger partial charge < -0.3 is 15.7 Å². The molecule has 3 N–H and O–H groups in total. The van der Waals surface area contributed by atoms with Crippen molar-refractivity contribution in [1.82, 2.24) is 0 Å². The molecule has 0 saturated heterocycles. The van der Waals surface area contributed by atoms with Gasteiger partial charge in [0.1, 0.15) is 11.4 Å². The maximum absolute atomic E-state index is 11.1. The van der Waals surface area contributed by atoms with E-state index in [1.165, 1.54) is 0 Å². The van der Waals surface area contributed by atoms with Gasteiger partial charge in [-0.2, -0.15) is 0 Å². The van der Waals surface area contributed by atoms with Gasteiger partial charge in [0.25, 0.3) is 0 Å². The first-order valence-corrected chi connectivity index (χ1v) is 5.81. The highest BCUT2D eigenvalue weighted by Crippen LogP contribution is 2.34. The van der Waals surface area contributed by atoms with Crippen molar-refractivity contribution in [3.05, 3.63) is 28.3 Å². The Labute approximate surface area is 106 Å². The van der Waals surface area contributed by atoms with Crippen molar-refractivity contribution in [2.75, 3.05) is 24.3 Å². The van der Waals surface area contributed by atoms with E-state index in [0.717, 1.165) is 0 Å². The summed E-state index contributed by atoms with van der Waals surface area (Å²) in [5.74, 6) is 0.